The third kappa shape index (κ3) is 2.47. The van der Waals surface area contributed by atoms with Crippen LogP contribution in [0.5, 0.6) is 0 Å². The Morgan fingerprint density at radius 2 is 1.72 bits per heavy atom. The number of likely N-dealkylation sites (N-methyl/N-ethyl adjacent to an activating group) is 1. The lowest BCUT2D eigenvalue weighted by molar-refractivity contribution is 0.0460. The Hall–Kier alpha value is -0.820. The molecule has 1 fully saturated rings. The Labute approximate surface area is 112 Å². The normalized spacial score (nSPS) is 27.9. The van der Waals surface area contributed by atoms with Gasteiger partial charge in [0.15, 0.2) is 0 Å². The van der Waals surface area contributed by atoms with Crippen LogP contribution < -0.4 is 5.32 Å². The Bertz CT molecular complexity index is 391. The summed E-state index contributed by atoms with van der Waals surface area (Å²) < 4.78 is 0. The maximum Gasteiger partial charge on any atom is 0.00833 e. The second-order valence-corrected chi connectivity index (χ2v) is 7.15. The van der Waals surface area contributed by atoms with Crippen LogP contribution in [0.25, 0.3) is 0 Å². The van der Waals surface area contributed by atoms with E-state index in [2.05, 4.69) is 64.3 Å². The van der Waals surface area contributed by atoms with Crippen LogP contribution in [0.15, 0.2) is 24.3 Å². The van der Waals surface area contributed by atoms with E-state index < -0.39 is 0 Å². The maximum atomic E-state index is 3.40. The predicted octanol–water partition coefficient (Wildman–Crippen LogP) is 3.91. The highest BCUT2D eigenvalue weighted by Gasteiger charge is 2.48. The Kier molecular flexibility index (Phi) is 3.55. The van der Waals surface area contributed by atoms with Gasteiger partial charge in [0.05, 0.1) is 0 Å². The average Bonchev–Trinajstić information content (AvgIpc) is 2.22. The highest BCUT2D eigenvalue weighted by molar-refractivity contribution is 5.32. The molecule has 0 aliphatic heterocycles. The Morgan fingerprint density at radius 1 is 1.17 bits per heavy atom. The first kappa shape index (κ1) is 13.6. The van der Waals surface area contributed by atoms with Crippen LogP contribution in [0, 0.1) is 18.3 Å². The molecule has 1 aliphatic carbocycles. The zero-order valence-corrected chi connectivity index (χ0v) is 12.5. The van der Waals surface area contributed by atoms with Gasteiger partial charge in [-0.05, 0) is 43.7 Å². The van der Waals surface area contributed by atoms with E-state index in [9.17, 15) is 0 Å². The second-order valence-electron chi connectivity index (χ2n) is 7.15. The van der Waals surface area contributed by atoms with Crippen molar-refractivity contribution in [1.29, 1.82) is 0 Å². The number of hydrogen-bond acceptors (Lipinski definition) is 1. The van der Waals surface area contributed by atoms with Gasteiger partial charge in [-0.1, -0.05) is 50.6 Å². The van der Waals surface area contributed by atoms with E-state index in [1.807, 2.05) is 0 Å². The SMILES string of the molecule is CNCC1(c2ccc(C)cc2)CC(C(C)(C)C)C1. The molecule has 0 radical (unpaired) electrons. The van der Waals surface area contributed by atoms with Gasteiger partial charge in [-0.2, -0.15) is 0 Å². The third-order valence-electron chi connectivity index (χ3n) is 4.68. The summed E-state index contributed by atoms with van der Waals surface area (Å²) in [4.78, 5) is 0. The van der Waals surface area contributed by atoms with Gasteiger partial charge >= 0.3 is 0 Å². The molecule has 0 amide bonds. The van der Waals surface area contributed by atoms with Crippen molar-refractivity contribution in [2.45, 2.75) is 46.0 Å². The van der Waals surface area contributed by atoms with Gasteiger partial charge in [0.25, 0.3) is 0 Å². The zero-order valence-electron chi connectivity index (χ0n) is 12.5. The van der Waals surface area contributed by atoms with E-state index in [0.717, 1.165) is 12.5 Å². The van der Waals surface area contributed by atoms with Crippen LogP contribution in [0.2, 0.25) is 0 Å². The molecule has 0 aromatic heterocycles. The van der Waals surface area contributed by atoms with Crippen molar-refractivity contribution in [3.05, 3.63) is 35.4 Å². The van der Waals surface area contributed by atoms with E-state index >= 15 is 0 Å². The van der Waals surface area contributed by atoms with Gasteiger partial charge in [-0.15, -0.1) is 0 Å². The third-order valence-corrected chi connectivity index (χ3v) is 4.68. The zero-order chi connectivity index (χ0) is 13.4. The molecule has 0 saturated heterocycles. The molecule has 1 aromatic rings. The van der Waals surface area contributed by atoms with Crippen LogP contribution in [0.3, 0.4) is 0 Å². The minimum absolute atomic E-state index is 0.375. The highest BCUT2D eigenvalue weighted by Crippen LogP contribution is 2.54. The number of aryl methyl sites for hydroxylation is 1. The van der Waals surface area contributed by atoms with Crippen molar-refractivity contribution in [3.8, 4) is 0 Å². The van der Waals surface area contributed by atoms with Gasteiger partial charge in [0, 0.05) is 12.0 Å². The number of benzene rings is 1. The first-order valence-corrected chi connectivity index (χ1v) is 7.09. The van der Waals surface area contributed by atoms with Crippen molar-refractivity contribution >= 4 is 0 Å². The topological polar surface area (TPSA) is 12.0 Å². The van der Waals surface area contributed by atoms with Gasteiger partial charge in [0.2, 0.25) is 0 Å². The molecule has 0 spiro atoms. The van der Waals surface area contributed by atoms with Gasteiger partial charge in [-0.3, -0.25) is 0 Å². The lowest BCUT2D eigenvalue weighted by Gasteiger charge is -2.53. The van der Waals surface area contributed by atoms with E-state index in [4.69, 9.17) is 0 Å². The van der Waals surface area contributed by atoms with Crippen molar-refractivity contribution in [2.24, 2.45) is 11.3 Å². The molecule has 0 unspecified atom stereocenters. The summed E-state index contributed by atoms with van der Waals surface area (Å²) in [5, 5.41) is 3.40. The molecule has 0 bridgehead atoms. The van der Waals surface area contributed by atoms with E-state index in [0.29, 0.717) is 10.8 Å². The van der Waals surface area contributed by atoms with E-state index in [1.54, 1.807) is 0 Å². The first-order chi connectivity index (χ1) is 8.37. The fraction of sp³-hybridized carbons (Fsp3) is 0.647. The van der Waals surface area contributed by atoms with Crippen molar-refractivity contribution in [3.63, 3.8) is 0 Å². The summed E-state index contributed by atoms with van der Waals surface area (Å²) in [7, 11) is 2.07. The molecule has 1 nitrogen and oxygen atoms in total. The molecular formula is C17H27N. The van der Waals surface area contributed by atoms with E-state index in [-0.39, 0.29) is 0 Å². The largest absolute Gasteiger partial charge is 0.319 e. The average molecular weight is 245 g/mol. The summed E-state index contributed by atoms with van der Waals surface area (Å²) in [6, 6.07) is 9.14. The molecule has 1 aliphatic rings. The van der Waals surface area contributed by atoms with Gasteiger partial charge in [0.1, 0.15) is 0 Å². The summed E-state index contributed by atoms with van der Waals surface area (Å²) >= 11 is 0. The van der Waals surface area contributed by atoms with Crippen molar-refractivity contribution in [2.75, 3.05) is 13.6 Å². The highest BCUT2D eigenvalue weighted by atomic mass is 14.8. The molecule has 100 valence electrons. The monoisotopic (exact) mass is 245 g/mol. The fourth-order valence-electron chi connectivity index (χ4n) is 3.22. The predicted molar refractivity (Wildman–Crippen MR) is 79.0 cm³/mol. The summed E-state index contributed by atoms with van der Waals surface area (Å²) in [5.74, 6) is 0.854. The molecule has 18 heavy (non-hydrogen) atoms. The number of nitrogens with one attached hydrogen (secondary N) is 1. The minimum atomic E-state index is 0.375. The van der Waals surface area contributed by atoms with Crippen LogP contribution in [-0.4, -0.2) is 13.6 Å². The number of hydrogen-bond donors (Lipinski definition) is 1. The van der Waals surface area contributed by atoms with Crippen LogP contribution in [0.1, 0.15) is 44.7 Å². The van der Waals surface area contributed by atoms with Crippen LogP contribution >= 0.6 is 0 Å². The molecule has 1 heteroatoms. The lowest BCUT2D eigenvalue weighted by atomic mass is 9.52. The van der Waals surface area contributed by atoms with Crippen molar-refractivity contribution in [1.82, 2.24) is 5.32 Å². The van der Waals surface area contributed by atoms with Gasteiger partial charge < -0.3 is 5.32 Å². The quantitative estimate of drug-likeness (QED) is 0.851. The molecule has 1 saturated carbocycles. The summed E-state index contributed by atoms with van der Waals surface area (Å²) in [6.45, 7) is 10.4. The molecule has 1 N–H and O–H groups in total. The first-order valence-electron chi connectivity index (χ1n) is 7.09. The second kappa shape index (κ2) is 4.70. The van der Waals surface area contributed by atoms with Crippen LogP contribution in [0.4, 0.5) is 0 Å². The standard InChI is InChI=1S/C17H27N/c1-13-6-8-14(9-7-13)17(12-18-5)10-15(11-17)16(2,3)4/h6-9,15,18H,10-12H2,1-5H3. The Morgan fingerprint density at radius 3 is 2.17 bits per heavy atom. The Balaban J connectivity index is 2.18. The summed E-state index contributed by atoms with van der Waals surface area (Å²) in [6.07, 6.45) is 2.64. The minimum Gasteiger partial charge on any atom is -0.319 e. The van der Waals surface area contributed by atoms with Crippen LogP contribution in [-0.2, 0) is 5.41 Å². The molecule has 0 heterocycles. The lowest BCUT2D eigenvalue weighted by Crippen LogP contribution is -2.51. The molecule has 2 rings (SSSR count). The van der Waals surface area contributed by atoms with Crippen molar-refractivity contribution < 1.29 is 0 Å². The molecule has 0 atom stereocenters. The smallest absolute Gasteiger partial charge is 0.00833 e. The molecular weight excluding hydrogens is 218 g/mol. The fourth-order valence-corrected chi connectivity index (χ4v) is 3.22. The van der Waals surface area contributed by atoms with E-state index in [1.165, 1.54) is 24.0 Å². The van der Waals surface area contributed by atoms with Gasteiger partial charge in [-0.25, -0.2) is 0 Å². The number of rotatable bonds is 3. The maximum absolute atomic E-state index is 3.40. The molecule has 1 aromatic carbocycles. The summed E-state index contributed by atoms with van der Waals surface area (Å²) in [5.41, 5.74) is 3.69.